The second kappa shape index (κ2) is 4.88. The Hall–Kier alpha value is -2.02. The number of thiazole rings is 1. The highest BCUT2D eigenvalue weighted by Crippen LogP contribution is 2.21. The van der Waals surface area contributed by atoms with Crippen LogP contribution in [-0.4, -0.2) is 9.91 Å². The van der Waals surface area contributed by atoms with Crippen molar-refractivity contribution in [2.24, 2.45) is 0 Å². The molecule has 0 amide bonds. The average molecular weight is 253 g/mol. The number of halogens is 1. The van der Waals surface area contributed by atoms with Gasteiger partial charge in [-0.3, -0.25) is 10.1 Å². The summed E-state index contributed by atoms with van der Waals surface area (Å²) >= 11 is 1.47. The van der Waals surface area contributed by atoms with Crippen molar-refractivity contribution in [1.29, 1.82) is 0 Å². The molecule has 0 aliphatic rings. The molecule has 0 unspecified atom stereocenters. The van der Waals surface area contributed by atoms with E-state index in [2.05, 4.69) is 10.3 Å². The minimum atomic E-state index is -0.849. The molecular formula is C10H8FN3O2S. The van der Waals surface area contributed by atoms with Gasteiger partial charge in [0.15, 0.2) is 0 Å². The maximum Gasteiger partial charge on any atom is 0.304 e. The Morgan fingerprint density at radius 1 is 1.53 bits per heavy atom. The first-order chi connectivity index (χ1) is 8.16. The smallest absolute Gasteiger partial charge is 0.304 e. The zero-order valence-corrected chi connectivity index (χ0v) is 9.41. The van der Waals surface area contributed by atoms with Gasteiger partial charge in [0.2, 0.25) is 5.82 Å². The highest BCUT2D eigenvalue weighted by Gasteiger charge is 2.13. The molecule has 0 aliphatic heterocycles. The van der Waals surface area contributed by atoms with Crippen molar-refractivity contribution < 1.29 is 9.31 Å². The predicted molar refractivity (Wildman–Crippen MR) is 62.5 cm³/mol. The van der Waals surface area contributed by atoms with E-state index in [9.17, 15) is 14.5 Å². The van der Waals surface area contributed by atoms with E-state index in [1.165, 1.54) is 17.4 Å². The number of rotatable bonds is 4. The average Bonchev–Trinajstić information content (AvgIpc) is 2.78. The first-order valence-corrected chi connectivity index (χ1v) is 5.66. The third kappa shape index (κ3) is 2.76. The van der Waals surface area contributed by atoms with Crippen LogP contribution >= 0.6 is 11.3 Å². The molecule has 1 aromatic carbocycles. The monoisotopic (exact) mass is 253 g/mol. The summed E-state index contributed by atoms with van der Waals surface area (Å²) in [5, 5.41) is 15.2. The summed E-state index contributed by atoms with van der Waals surface area (Å²) in [6.45, 7) is 0.459. The van der Waals surface area contributed by atoms with Crippen LogP contribution in [-0.2, 0) is 6.54 Å². The van der Waals surface area contributed by atoms with E-state index >= 15 is 0 Å². The van der Waals surface area contributed by atoms with Crippen molar-refractivity contribution in [3.05, 3.63) is 50.7 Å². The fourth-order valence-corrected chi connectivity index (χ4v) is 1.84. The molecule has 7 heteroatoms. The second-order valence-electron chi connectivity index (χ2n) is 3.26. The highest BCUT2D eigenvalue weighted by atomic mass is 32.1. The topological polar surface area (TPSA) is 68.1 Å². The highest BCUT2D eigenvalue weighted by molar-refractivity contribution is 7.07. The number of nitro benzene ring substituents is 1. The first kappa shape index (κ1) is 11.5. The largest absolute Gasteiger partial charge is 0.379 e. The molecular weight excluding hydrogens is 245 g/mol. The van der Waals surface area contributed by atoms with Crippen molar-refractivity contribution in [3.63, 3.8) is 0 Å². The molecule has 1 heterocycles. The van der Waals surface area contributed by atoms with E-state index in [-0.39, 0.29) is 0 Å². The first-order valence-electron chi connectivity index (χ1n) is 4.71. The lowest BCUT2D eigenvalue weighted by Crippen LogP contribution is -2.01. The molecule has 0 fully saturated rings. The van der Waals surface area contributed by atoms with Gasteiger partial charge in [0.05, 0.1) is 22.7 Å². The number of hydrogen-bond donors (Lipinski definition) is 1. The summed E-state index contributed by atoms with van der Waals surface area (Å²) < 4.78 is 13.3. The molecule has 0 saturated carbocycles. The molecule has 0 radical (unpaired) electrons. The van der Waals surface area contributed by atoms with Crippen LogP contribution in [0.1, 0.15) is 5.69 Å². The summed E-state index contributed by atoms with van der Waals surface area (Å²) in [4.78, 5) is 13.7. The van der Waals surface area contributed by atoms with Crippen LogP contribution in [0.25, 0.3) is 0 Å². The van der Waals surface area contributed by atoms with Gasteiger partial charge in [-0.05, 0) is 6.07 Å². The van der Waals surface area contributed by atoms with Gasteiger partial charge >= 0.3 is 5.69 Å². The van der Waals surface area contributed by atoms with Gasteiger partial charge < -0.3 is 5.32 Å². The molecule has 88 valence electrons. The molecule has 17 heavy (non-hydrogen) atoms. The van der Waals surface area contributed by atoms with Crippen LogP contribution in [0.4, 0.5) is 15.8 Å². The van der Waals surface area contributed by atoms with Crippen LogP contribution in [0.2, 0.25) is 0 Å². The molecule has 5 nitrogen and oxygen atoms in total. The maximum absolute atomic E-state index is 13.3. The second-order valence-corrected chi connectivity index (χ2v) is 3.98. The summed E-state index contributed by atoms with van der Waals surface area (Å²) in [7, 11) is 0. The number of anilines is 1. The summed E-state index contributed by atoms with van der Waals surface area (Å²) in [6.07, 6.45) is 0. The maximum atomic E-state index is 13.3. The third-order valence-electron chi connectivity index (χ3n) is 2.10. The Labute approximate surface area is 100 Å². The minimum Gasteiger partial charge on any atom is -0.379 e. The van der Waals surface area contributed by atoms with Gasteiger partial charge in [-0.15, -0.1) is 11.3 Å². The zero-order valence-electron chi connectivity index (χ0n) is 8.59. The molecule has 0 saturated heterocycles. The van der Waals surface area contributed by atoms with Gasteiger partial charge in [0.1, 0.15) is 0 Å². The standard InChI is InChI=1S/C10H8FN3O2S/c11-9-3-7(1-2-10(9)14(15)16)12-4-8-5-17-6-13-8/h1-3,5-6,12H,4H2. The number of nitro groups is 1. The van der Waals surface area contributed by atoms with E-state index in [4.69, 9.17) is 0 Å². The summed E-state index contributed by atoms with van der Waals surface area (Å²) in [6, 6.07) is 3.71. The van der Waals surface area contributed by atoms with Crippen molar-refractivity contribution in [3.8, 4) is 0 Å². The molecule has 0 atom stereocenters. The summed E-state index contributed by atoms with van der Waals surface area (Å²) in [5.74, 6) is -0.849. The quantitative estimate of drug-likeness (QED) is 0.672. The number of nitrogens with one attached hydrogen (secondary N) is 1. The SMILES string of the molecule is O=[N+]([O-])c1ccc(NCc2cscn2)cc1F. The fraction of sp³-hybridized carbons (Fsp3) is 0.100. The Kier molecular flexibility index (Phi) is 3.29. The molecule has 0 bridgehead atoms. The molecule has 0 aliphatic carbocycles. The van der Waals surface area contributed by atoms with E-state index in [0.29, 0.717) is 12.2 Å². The van der Waals surface area contributed by atoms with Gasteiger partial charge in [-0.2, -0.15) is 4.39 Å². The van der Waals surface area contributed by atoms with E-state index in [1.54, 1.807) is 5.51 Å². The number of aromatic nitrogens is 1. The van der Waals surface area contributed by atoms with Crippen molar-refractivity contribution >= 4 is 22.7 Å². The van der Waals surface area contributed by atoms with Crippen molar-refractivity contribution in [1.82, 2.24) is 4.98 Å². The van der Waals surface area contributed by atoms with Crippen LogP contribution in [0.3, 0.4) is 0 Å². The lowest BCUT2D eigenvalue weighted by Gasteiger charge is -2.04. The Bertz CT molecular complexity index is 530. The number of nitrogens with zero attached hydrogens (tertiary/aromatic N) is 2. The van der Waals surface area contributed by atoms with Crippen LogP contribution < -0.4 is 5.32 Å². The van der Waals surface area contributed by atoms with Gasteiger partial charge in [0, 0.05) is 23.2 Å². The fourth-order valence-electron chi connectivity index (χ4n) is 1.28. The van der Waals surface area contributed by atoms with E-state index in [0.717, 1.165) is 17.8 Å². The molecule has 1 aromatic heterocycles. The number of benzene rings is 1. The van der Waals surface area contributed by atoms with E-state index < -0.39 is 16.4 Å². The minimum absolute atomic E-state index is 0.459. The molecule has 0 spiro atoms. The Morgan fingerprint density at radius 3 is 2.94 bits per heavy atom. The lowest BCUT2D eigenvalue weighted by atomic mass is 10.2. The van der Waals surface area contributed by atoms with Crippen molar-refractivity contribution in [2.45, 2.75) is 6.54 Å². The zero-order chi connectivity index (χ0) is 12.3. The van der Waals surface area contributed by atoms with Gasteiger partial charge in [-0.25, -0.2) is 4.98 Å². The third-order valence-corrected chi connectivity index (χ3v) is 2.74. The van der Waals surface area contributed by atoms with Gasteiger partial charge in [-0.1, -0.05) is 0 Å². The predicted octanol–water partition coefficient (Wildman–Crippen LogP) is 2.80. The Morgan fingerprint density at radius 2 is 2.35 bits per heavy atom. The molecule has 1 N–H and O–H groups in total. The summed E-state index contributed by atoms with van der Waals surface area (Å²) in [5.41, 5.74) is 2.51. The normalized spacial score (nSPS) is 10.2. The molecule has 2 rings (SSSR count). The van der Waals surface area contributed by atoms with Gasteiger partial charge in [0.25, 0.3) is 0 Å². The van der Waals surface area contributed by atoms with Crippen LogP contribution in [0.15, 0.2) is 29.1 Å². The van der Waals surface area contributed by atoms with Crippen LogP contribution in [0.5, 0.6) is 0 Å². The molecule has 2 aromatic rings. The Balaban J connectivity index is 2.07. The van der Waals surface area contributed by atoms with Crippen LogP contribution in [0, 0.1) is 15.9 Å². The lowest BCUT2D eigenvalue weighted by molar-refractivity contribution is -0.387. The van der Waals surface area contributed by atoms with Crippen molar-refractivity contribution in [2.75, 3.05) is 5.32 Å². The van der Waals surface area contributed by atoms with E-state index in [1.807, 2.05) is 5.38 Å². The number of hydrogen-bond acceptors (Lipinski definition) is 5.